The zero-order valence-corrected chi connectivity index (χ0v) is 17.7. The van der Waals surface area contributed by atoms with Crippen molar-refractivity contribution in [1.82, 2.24) is 0 Å². The normalized spacial score (nSPS) is 31.3. The Labute approximate surface area is 177 Å². The number of para-hydroxylation sites is 1. The minimum atomic E-state index is -0.722. The van der Waals surface area contributed by atoms with Crippen LogP contribution in [0.5, 0.6) is 5.75 Å². The summed E-state index contributed by atoms with van der Waals surface area (Å²) < 4.78 is 5.58. The highest BCUT2D eigenvalue weighted by molar-refractivity contribution is 8.00. The van der Waals surface area contributed by atoms with Crippen LogP contribution >= 0.6 is 11.8 Å². The second-order valence-corrected chi connectivity index (χ2v) is 9.86. The Morgan fingerprint density at radius 1 is 1.31 bits per heavy atom. The number of benzene rings is 1. The van der Waals surface area contributed by atoms with E-state index in [1.54, 1.807) is 13.0 Å². The molecule has 0 amide bonds. The maximum Gasteiger partial charge on any atom is 0.306 e. The van der Waals surface area contributed by atoms with Crippen LogP contribution < -0.4 is 4.74 Å². The van der Waals surface area contributed by atoms with Crippen LogP contribution in [0.1, 0.15) is 39.0 Å². The lowest BCUT2D eigenvalue weighted by Gasteiger charge is -2.33. The Kier molecular flexibility index (Phi) is 8.04. The summed E-state index contributed by atoms with van der Waals surface area (Å²) in [5.74, 6) is 0.199. The van der Waals surface area contributed by atoms with Crippen molar-refractivity contribution in [1.29, 1.82) is 0 Å². The summed E-state index contributed by atoms with van der Waals surface area (Å²) in [6.45, 7) is 1.96. The molecule has 1 saturated carbocycles. The molecule has 1 aliphatic carbocycles. The molecule has 3 N–H and O–H groups in total. The summed E-state index contributed by atoms with van der Waals surface area (Å²) in [6.07, 6.45) is 7.16. The van der Waals surface area contributed by atoms with Gasteiger partial charge in [-0.05, 0) is 50.2 Å². The summed E-state index contributed by atoms with van der Waals surface area (Å²) in [5.41, 5.74) is 0. The van der Waals surface area contributed by atoms with Crippen LogP contribution in [0.4, 0.5) is 0 Å². The molecule has 160 valence electrons. The highest BCUT2D eigenvalue weighted by Gasteiger charge is 2.44. The van der Waals surface area contributed by atoms with E-state index >= 15 is 0 Å². The van der Waals surface area contributed by atoms with Gasteiger partial charge in [0.1, 0.15) is 18.5 Å². The molecule has 5 nitrogen and oxygen atoms in total. The molecule has 6 heteroatoms. The number of carboxylic acids is 1. The van der Waals surface area contributed by atoms with Crippen molar-refractivity contribution >= 4 is 17.7 Å². The Hall–Kier alpha value is -1.50. The third-order valence-electron chi connectivity index (χ3n) is 6.14. The van der Waals surface area contributed by atoms with Crippen molar-refractivity contribution in [3.05, 3.63) is 42.5 Å². The van der Waals surface area contributed by atoms with Gasteiger partial charge >= 0.3 is 5.97 Å². The fourth-order valence-electron chi connectivity index (χ4n) is 4.38. The van der Waals surface area contributed by atoms with Gasteiger partial charge in [-0.1, -0.05) is 37.3 Å². The number of hydrogen-bond donors (Lipinski definition) is 3. The first kappa shape index (κ1) is 22.2. The van der Waals surface area contributed by atoms with E-state index in [1.807, 2.05) is 48.2 Å². The minimum Gasteiger partial charge on any atom is -0.491 e. The number of thioether (sulfide) groups is 1. The van der Waals surface area contributed by atoms with E-state index < -0.39 is 12.1 Å². The van der Waals surface area contributed by atoms with Crippen molar-refractivity contribution in [2.75, 3.05) is 6.61 Å². The maximum absolute atomic E-state index is 11.0. The standard InChI is InChI=1S/C23H32O5S/c1-15(23(26)27)7-9-18-10-12-20-19(21(25)13-22(20)29-18)11-8-16(24)14-28-17-5-3-2-4-6-17/h2-6,8,11,15-16,18-22,24-25H,7,9-10,12-14H2,1H3,(H,26,27)/b11-8+/t15?,16-,18+,19-,20-,21-,22+/m1/s1. The van der Waals surface area contributed by atoms with E-state index in [4.69, 9.17) is 9.84 Å². The van der Waals surface area contributed by atoms with Crippen LogP contribution in [-0.4, -0.2) is 50.6 Å². The lowest BCUT2D eigenvalue weighted by Crippen LogP contribution is -2.27. The van der Waals surface area contributed by atoms with Crippen LogP contribution in [0, 0.1) is 17.8 Å². The lowest BCUT2D eigenvalue weighted by atomic mass is 9.88. The highest BCUT2D eigenvalue weighted by Crippen LogP contribution is 2.49. The van der Waals surface area contributed by atoms with Crippen LogP contribution in [-0.2, 0) is 4.79 Å². The third kappa shape index (κ3) is 6.24. The molecule has 0 spiro atoms. The Bertz CT molecular complexity index is 679. The van der Waals surface area contributed by atoms with Crippen molar-refractivity contribution in [2.24, 2.45) is 17.8 Å². The van der Waals surface area contributed by atoms with Gasteiger partial charge in [-0.2, -0.15) is 11.8 Å². The van der Waals surface area contributed by atoms with Crippen LogP contribution in [0.25, 0.3) is 0 Å². The van der Waals surface area contributed by atoms with E-state index in [-0.39, 0.29) is 24.5 Å². The number of carboxylic acid groups (broad SMARTS) is 1. The summed E-state index contributed by atoms with van der Waals surface area (Å²) in [4.78, 5) is 11.0. The number of carbonyl (C=O) groups is 1. The zero-order valence-electron chi connectivity index (χ0n) is 16.9. The molecule has 1 aliphatic heterocycles. The van der Waals surface area contributed by atoms with Gasteiger partial charge in [0.15, 0.2) is 0 Å². The Balaban J connectivity index is 1.47. The van der Waals surface area contributed by atoms with Crippen LogP contribution in [0.15, 0.2) is 42.5 Å². The molecular weight excluding hydrogens is 388 g/mol. The molecule has 1 heterocycles. The van der Waals surface area contributed by atoms with Crippen molar-refractivity contribution < 1.29 is 24.9 Å². The first-order chi connectivity index (χ1) is 13.9. The topological polar surface area (TPSA) is 87.0 Å². The zero-order chi connectivity index (χ0) is 20.8. The average Bonchev–Trinajstić information content (AvgIpc) is 3.03. The molecular formula is C23H32O5S. The molecule has 2 aliphatic rings. The van der Waals surface area contributed by atoms with Crippen molar-refractivity contribution in [2.45, 2.75) is 61.7 Å². The fourth-order valence-corrected chi connectivity index (χ4v) is 6.25. The van der Waals surface area contributed by atoms with Crippen LogP contribution in [0.2, 0.25) is 0 Å². The predicted octanol–water partition coefficient (Wildman–Crippen LogP) is 3.74. The minimum absolute atomic E-state index is 0.0674. The molecule has 1 saturated heterocycles. The van der Waals surface area contributed by atoms with Gasteiger partial charge in [-0.3, -0.25) is 4.79 Å². The second-order valence-electron chi connectivity index (χ2n) is 8.31. The van der Waals surface area contributed by atoms with E-state index in [0.29, 0.717) is 22.8 Å². The van der Waals surface area contributed by atoms with Gasteiger partial charge in [-0.15, -0.1) is 0 Å². The molecule has 1 unspecified atom stereocenters. The van der Waals surface area contributed by atoms with Gasteiger partial charge in [0.05, 0.1) is 12.0 Å². The molecule has 1 aromatic carbocycles. The number of fused-ring (bicyclic) bond motifs is 1. The number of rotatable bonds is 9. The maximum atomic E-state index is 11.0. The van der Waals surface area contributed by atoms with Crippen molar-refractivity contribution in [3.8, 4) is 5.75 Å². The third-order valence-corrected chi connectivity index (χ3v) is 7.89. The summed E-state index contributed by atoms with van der Waals surface area (Å²) in [5, 5.41) is 30.7. The first-order valence-corrected chi connectivity index (χ1v) is 11.5. The number of hydrogen-bond acceptors (Lipinski definition) is 5. The molecule has 3 rings (SSSR count). The van der Waals surface area contributed by atoms with E-state index in [2.05, 4.69) is 0 Å². The fraction of sp³-hybridized carbons (Fsp3) is 0.609. The van der Waals surface area contributed by atoms with Gasteiger partial charge in [0.25, 0.3) is 0 Å². The molecule has 7 atom stereocenters. The summed E-state index contributed by atoms with van der Waals surface area (Å²) >= 11 is 1.93. The Morgan fingerprint density at radius 2 is 2.07 bits per heavy atom. The van der Waals surface area contributed by atoms with Crippen molar-refractivity contribution in [3.63, 3.8) is 0 Å². The van der Waals surface area contributed by atoms with Gasteiger partial charge < -0.3 is 20.1 Å². The first-order valence-electron chi connectivity index (χ1n) is 10.5. The highest BCUT2D eigenvalue weighted by atomic mass is 32.2. The average molecular weight is 421 g/mol. The molecule has 0 bridgehead atoms. The lowest BCUT2D eigenvalue weighted by molar-refractivity contribution is -0.141. The summed E-state index contributed by atoms with van der Waals surface area (Å²) in [7, 11) is 0. The molecule has 0 aromatic heterocycles. The van der Waals surface area contributed by atoms with Gasteiger partial charge in [0, 0.05) is 16.4 Å². The van der Waals surface area contributed by atoms with E-state index in [0.717, 1.165) is 31.4 Å². The largest absolute Gasteiger partial charge is 0.491 e. The smallest absolute Gasteiger partial charge is 0.306 e. The quantitative estimate of drug-likeness (QED) is 0.528. The van der Waals surface area contributed by atoms with E-state index in [1.165, 1.54) is 0 Å². The second kappa shape index (κ2) is 10.5. The Morgan fingerprint density at radius 3 is 2.79 bits per heavy atom. The molecule has 29 heavy (non-hydrogen) atoms. The van der Waals surface area contributed by atoms with E-state index in [9.17, 15) is 15.0 Å². The predicted molar refractivity (Wildman–Crippen MR) is 115 cm³/mol. The van der Waals surface area contributed by atoms with Gasteiger partial charge in [-0.25, -0.2) is 0 Å². The number of aliphatic hydroxyl groups excluding tert-OH is 2. The molecule has 0 radical (unpaired) electrons. The van der Waals surface area contributed by atoms with Crippen LogP contribution in [0.3, 0.4) is 0 Å². The van der Waals surface area contributed by atoms with Gasteiger partial charge in [0.2, 0.25) is 0 Å². The summed E-state index contributed by atoms with van der Waals surface area (Å²) in [6, 6.07) is 9.41. The SMILES string of the molecule is CC(CC[C@H]1CC[C@@H]2[C@@H](/C=C/[C@@H](O)COc3ccccc3)[C@H](O)C[C@@H]2S1)C(=O)O. The number of ether oxygens (including phenoxy) is 1. The molecule has 2 fully saturated rings. The number of aliphatic carboxylic acids is 1. The number of aliphatic hydroxyl groups is 2. The monoisotopic (exact) mass is 420 g/mol. The molecule has 1 aromatic rings.